The lowest BCUT2D eigenvalue weighted by Crippen LogP contribution is -1.67. The van der Waals surface area contributed by atoms with Gasteiger partial charge in [0.25, 0.3) is 0 Å². The maximum absolute atomic E-state index is 4.91. The van der Waals surface area contributed by atoms with Gasteiger partial charge < -0.3 is 0 Å². The summed E-state index contributed by atoms with van der Waals surface area (Å²) in [5.41, 5.74) is 0. The first-order valence-corrected chi connectivity index (χ1v) is 3.51. The molecule has 0 amide bonds. The monoisotopic (exact) mass is 292 g/mol. The quantitative estimate of drug-likeness (QED) is 0.363. The molecular weight excluding hydrogens is 290 g/mol. The molecule has 0 saturated carbocycles. The third kappa shape index (κ3) is 5.02. The minimum atomic E-state index is 0.352. The third-order valence-corrected chi connectivity index (χ3v) is 0.845. The molecule has 0 fully saturated rings. The van der Waals surface area contributed by atoms with Crippen molar-refractivity contribution in [3.8, 4) is 12.3 Å². The summed E-state index contributed by atoms with van der Waals surface area (Å²) < 4.78 is 0.352. The Kier molecular flexibility index (Phi) is 3.88. The molecule has 0 saturated heterocycles. The highest BCUT2D eigenvalue weighted by molar-refractivity contribution is 14.2. The van der Waals surface area contributed by atoms with Gasteiger partial charge in [-0.25, -0.2) is 0 Å². The van der Waals surface area contributed by atoms with Crippen LogP contribution < -0.4 is 0 Å². The van der Waals surface area contributed by atoms with Crippen LogP contribution in [-0.2, 0) is 0 Å². The summed E-state index contributed by atoms with van der Waals surface area (Å²) in [6.45, 7) is 0. The second kappa shape index (κ2) is 3.22. The van der Waals surface area contributed by atoms with Gasteiger partial charge in [0.05, 0.1) is 0 Å². The van der Waals surface area contributed by atoms with E-state index in [1.165, 1.54) is 0 Å². The van der Waals surface area contributed by atoms with Crippen LogP contribution in [0.15, 0.2) is 0 Å². The zero-order valence-electron chi connectivity index (χ0n) is 2.41. The van der Waals surface area contributed by atoms with E-state index in [0.717, 1.165) is 0 Å². The van der Waals surface area contributed by atoms with E-state index in [4.69, 9.17) is 6.42 Å². The standard InChI is InChI=1S/C3H2I2/c1-2-3(4)5/h1,3H. The fourth-order valence-corrected chi connectivity index (χ4v) is 0. The lowest BCUT2D eigenvalue weighted by atomic mass is 10.9. The predicted molar refractivity (Wildman–Crippen MR) is 40.7 cm³/mol. The van der Waals surface area contributed by atoms with E-state index in [2.05, 4.69) is 51.1 Å². The molecule has 0 unspecified atom stereocenters. The summed E-state index contributed by atoms with van der Waals surface area (Å²) in [5, 5.41) is 0. The van der Waals surface area contributed by atoms with Gasteiger partial charge in [-0.15, -0.1) is 6.42 Å². The van der Waals surface area contributed by atoms with Crippen LogP contribution in [0, 0.1) is 12.3 Å². The van der Waals surface area contributed by atoms with Crippen molar-refractivity contribution in [3.05, 3.63) is 0 Å². The van der Waals surface area contributed by atoms with Crippen molar-refractivity contribution in [2.45, 2.75) is 1.93 Å². The molecule has 0 aliphatic heterocycles. The lowest BCUT2D eigenvalue weighted by Gasteiger charge is -1.75. The molecular formula is C3H2I2. The van der Waals surface area contributed by atoms with Crippen molar-refractivity contribution >= 4 is 45.2 Å². The van der Waals surface area contributed by atoms with Gasteiger partial charge in [-0.1, -0.05) is 51.1 Å². The normalized spacial score (nSPS) is 7.60. The number of alkyl halides is 2. The molecule has 0 aromatic heterocycles. The molecule has 0 radical (unpaired) electrons. The Bertz CT molecular complexity index is 50.4. The van der Waals surface area contributed by atoms with Crippen molar-refractivity contribution in [1.82, 2.24) is 0 Å². The largest absolute Gasteiger partial charge is 0.122 e. The zero-order chi connectivity index (χ0) is 4.28. The van der Waals surface area contributed by atoms with Crippen LogP contribution in [0.25, 0.3) is 0 Å². The summed E-state index contributed by atoms with van der Waals surface area (Å²) >= 11 is 4.31. The van der Waals surface area contributed by atoms with Gasteiger partial charge in [-0.2, -0.15) is 0 Å². The van der Waals surface area contributed by atoms with Gasteiger partial charge in [-0.3, -0.25) is 0 Å². The molecule has 0 rings (SSSR count). The Morgan fingerprint density at radius 2 is 1.80 bits per heavy atom. The minimum absolute atomic E-state index is 0.352. The van der Waals surface area contributed by atoms with Gasteiger partial charge in [0.2, 0.25) is 0 Å². The van der Waals surface area contributed by atoms with Crippen LogP contribution in [-0.4, -0.2) is 1.93 Å². The first-order chi connectivity index (χ1) is 2.27. The van der Waals surface area contributed by atoms with Crippen molar-refractivity contribution in [3.63, 3.8) is 0 Å². The number of halogens is 2. The molecule has 0 heterocycles. The average molecular weight is 292 g/mol. The van der Waals surface area contributed by atoms with Crippen LogP contribution in [0.1, 0.15) is 0 Å². The minimum Gasteiger partial charge on any atom is -0.118 e. The first kappa shape index (κ1) is 6.02. The highest BCUT2D eigenvalue weighted by Crippen LogP contribution is 2.05. The van der Waals surface area contributed by atoms with Crippen LogP contribution in [0.2, 0.25) is 0 Å². The van der Waals surface area contributed by atoms with E-state index in [-0.39, 0.29) is 0 Å². The summed E-state index contributed by atoms with van der Waals surface area (Å²) in [6, 6.07) is 0. The highest BCUT2D eigenvalue weighted by atomic mass is 127. The molecule has 5 heavy (non-hydrogen) atoms. The van der Waals surface area contributed by atoms with Crippen LogP contribution >= 0.6 is 45.2 Å². The number of rotatable bonds is 0. The smallest absolute Gasteiger partial charge is 0.118 e. The predicted octanol–water partition coefficient (Wildman–Crippen LogP) is 1.82. The Labute approximate surface area is 59.0 Å². The van der Waals surface area contributed by atoms with E-state index in [9.17, 15) is 0 Å². The molecule has 0 nitrogen and oxygen atoms in total. The van der Waals surface area contributed by atoms with Gasteiger partial charge in [0.15, 0.2) is 0 Å². The van der Waals surface area contributed by atoms with Gasteiger partial charge in [0, 0.05) is 0 Å². The molecule has 0 aromatic rings. The third-order valence-electron chi connectivity index (χ3n) is 0.126. The maximum Gasteiger partial charge on any atom is 0.122 e. The molecule has 0 spiro atoms. The van der Waals surface area contributed by atoms with Gasteiger partial charge in [0.1, 0.15) is 1.93 Å². The summed E-state index contributed by atoms with van der Waals surface area (Å²) in [6.07, 6.45) is 4.91. The Balaban J connectivity index is 2.94. The lowest BCUT2D eigenvalue weighted by molar-refractivity contribution is 1.99. The molecule has 0 bridgehead atoms. The first-order valence-electron chi connectivity index (χ1n) is 1.01. The van der Waals surface area contributed by atoms with E-state index in [1.54, 1.807) is 0 Å². The fourth-order valence-electron chi connectivity index (χ4n) is 0. The van der Waals surface area contributed by atoms with Crippen molar-refractivity contribution in [2.24, 2.45) is 0 Å². The van der Waals surface area contributed by atoms with Crippen LogP contribution in [0.4, 0.5) is 0 Å². The van der Waals surface area contributed by atoms with Crippen LogP contribution in [0.3, 0.4) is 0 Å². The summed E-state index contributed by atoms with van der Waals surface area (Å²) in [7, 11) is 0. The molecule has 0 N–H and O–H groups in total. The van der Waals surface area contributed by atoms with Gasteiger partial charge >= 0.3 is 0 Å². The summed E-state index contributed by atoms with van der Waals surface area (Å²) in [5.74, 6) is 2.50. The highest BCUT2D eigenvalue weighted by Gasteiger charge is 1.79. The maximum atomic E-state index is 4.91. The number of hydrogen-bond acceptors (Lipinski definition) is 0. The van der Waals surface area contributed by atoms with E-state index in [1.807, 2.05) is 0 Å². The fraction of sp³-hybridized carbons (Fsp3) is 0.333. The second-order valence-electron chi connectivity index (χ2n) is 0.467. The second-order valence-corrected chi connectivity index (χ2v) is 5.34. The van der Waals surface area contributed by atoms with Gasteiger partial charge in [-0.05, 0) is 0 Å². The van der Waals surface area contributed by atoms with Crippen molar-refractivity contribution < 1.29 is 0 Å². The number of hydrogen-bond donors (Lipinski definition) is 0. The van der Waals surface area contributed by atoms with E-state index < -0.39 is 0 Å². The van der Waals surface area contributed by atoms with Crippen LogP contribution in [0.5, 0.6) is 0 Å². The SMILES string of the molecule is C#CC(I)I. The molecule has 0 aliphatic carbocycles. The average Bonchev–Trinajstić information content (AvgIpc) is 1.38. The Morgan fingerprint density at radius 1 is 1.60 bits per heavy atom. The molecule has 28 valence electrons. The molecule has 0 aliphatic rings. The van der Waals surface area contributed by atoms with E-state index in [0.29, 0.717) is 1.93 Å². The number of terminal acetylenes is 1. The Hall–Kier alpha value is 1.02. The molecule has 0 aromatic carbocycles. The topological polar surface area (TPSA) is 0 Å². The molecule has 0 atom stereocenters. The zero-order valence-corrected chi connectivity index (χ0v) is 6.73. The van der Waals surface area contributed by atoms with Crippen molar-refractivity contribution in [2.75, 3.05) is 0 Å². The van der Waals surface area contributed by atoms with Crippen molar-refractivity contribution in [1.29, 1.82) is 0 Å². The summed E-state index contributed by atoms with van der Waals surface area (Å²) in [4.78, 5) is 0. The Morgan fingerprint density at radius 3 is 1.80 bits per heavy atom. The van der Waals surface area contributed by atoms with E-state index >= 15 is 0 Å². The molecule has 2 heteroatoms.